The molecule has 0 fully saturated rings. The Morgan fingerprint density at radius 1 is 0.757 bits per heavy atom. The van der Waals surface area contributed by atoms with Crippen molar-refractivity contribution in [2.24, 2.45) is 4.99 Å². The van der Waals surface area contributed by atoms with Crippen LogP contribution in [0.15, 0.2) is 40.2 Å². The van der Waals surface area contributed by atoms with Gasteiger partial charge in [0.15, 0.2) is 0 Å². The number of nitrogens with zero attached hydrogens (tertiary/aromatic N) is 3. The lowest BCUT2D eigenvalue weighted by Crippen LogP contribution is -2.31. The normalized spacial score (nSPS) is 14.6. The molecule has 0 spiro atoms. The van der Waals surface area contributed by atoms with Crippen molar-refractivity contribution in [1.82, 2.24) is 0 Å². The Labute approximate surface area is 231 Å². The van der Waals surface area contributed by atoms with Gasteiger partial charge in [0, 0.05) is 75.4 Å². The second kappa shape index (κ2) is 14.1. The molecule has 3 rings (SSSR count). The van der Waals surface area contributed by atoms with Crippen molar-refractivity contribution in [1.29, 1.82) is 0 Å². The first kappa shape index (κ1) is 30.1. The zero-order chi connectivity index (χ0) is 27.0. The quantitative estimate of drug-likeness (QED) is 0.275. The van der Waals surface area contributed by atoms with Crippen LogP contribution in [0.5, 0.6) is 0 Å². The predicted molar refractivity (Wildman–Crippen MR) is 158 cm³/mol. The van der Waals surface area contributed by atoms with E-state index in [1.165, 1.54) is 20.7 Å². The lowest BCUT2D eigenvalue weighted by Gasteiger charge is -2.30. The average Bonchev–Trinajstić information content (AvgIpc) is 2.88. The fraction of sp³-hybridized carbons (Fsp3) is 0.571. The van der Waals surface area contributed by atoms with Crippen LogP contribution in [0.2, 0.25) is 0 Å². The summed E-state index contributed by atoms with van der Waals surface area (Å²) in [5.41, 5.74) is 4.58. The number of methoxy groups -OCH3 is 4. The van der Waals surface area contributed by atoms with Crippen molar-refractivity contribution in [3.05, 3.63) is 45.8 Å². The van der Waals surface area contributed by atoms with Gasteiger partial charge in [-0.05, 0) is 56.1 Å². The molecule has 1 unspecified atom stereocenters. The molecular formula is C28H42BrN3O4S. The smallest absolute Gasteiger partial charge is 0.0815 e. The first-order valence-electron chi connectivity index (χ1n) is 12.7. The minimum atomic E-state index is -0.321. The number of rotatable bonds is 14. The maximum atomic E-state index is 5.41. The van der Waals surface area contributed by atoms with Gasteiger partial charge in [-0.1, -0.05) is 29.7 Å². The van der Waals surface area contributed by atoms with Crippen molar-refractivity contribution in [2.45, 2.75) is 31.1 Å². The van der Waals surface area contributed by atoms with Gasteiger partial charge in [0.2, 0.25) is 0 Å². The summed E-state index contributed by atoms with van der Waals surface area (Å²) in [6.07, 6.45) is 0. The van der Waals surface area contributed by atoms with Gasteiger partial charge >= 0.3 is 0 Å². The fourth-order valence-corrected chi connectivity index (χ4v) is 7.15. The topological polar surface area (TPSA) is 55.8 Å². The van der Waals surface area contributed by atoms with Crippen LogP contribution in [-0.2, 0) is 24.4 Å². The van der Waals surface area contributed by atoms with Crippen molar-refractivity contribution >= 4 is 40.8 Å². The van der Waals surface area contributed by atoms with Crippen molar-refractivity contribution in [3.8, 4) is 0 Å². The molecule has 7 nitrogen and oxygen atoms in total. The monoisotopic (exact) mass is 595 g/mol. The molecule has 0 aliphatic carbocycles. The summed E-state index contributed by atoms with van der Waals surface area (Å²) in [6, 6.07) is 11.2. The highest BCUT2D eigenvalue weighted by Crippen LogP contribution is 2.50. The zero-order valence-corrected chi connectivity index (χ0v) is 25.7. The Morgan fingerprint density at radius 2 is 1.27 bits per heavy atom. The molecule has 0 amide bonds. The third-order valence-corrected chi connectivity index (χ3v) is 9.92. The molecule has 0 radical (unpaired) electrons. The molecule has 1 heterocycles. The van der Waals surface area contributed by atoms with E-state index in [-0.39, 0.29) is 14.3 Å². The fourth-order valence-electron chi connectivity index (χ4n) is 4.32. The van der Waals surface area contributed by atoms with Gasteiger partial charge in [-0.25, -0.2) is 4.99 Å². The Kier molecular flexibility index (Phi) is 11.4. The number of ether oxygens (including phenoxy) is 4. The second-order valence-corrected chi connectivity index (χ2v) is 13.4. The number of fused-ring (bicyclic) bond motifs is 2. The van der Waals surface area contributed by atoms with E-state index in [1.54, 1.807) is 28.4 Å². The van der Waals surface area contributed by atoms with Crippen LogP contribution in [-0.4, -0.2) is 81.0 Å². The van der Waals surface area contributed by atoms with E-state index >= 15 is 0 Å². The molecule has 206 valence electrons. The van der Waals surface area contributed by atoms with Gasteiger partial charge in [0.25, 0.3) is 0 Å². The summed E-state index contributed by atoms with van der Waals surface area (Å²) in [5.74, 6) is 0. The largest absolute Gasteiger partial charge is 0.383 e. The van der Waals surface area contributed by atoms with Gasteiger partial charge in [0.05, 0.1) is 37.5 Å². The maximum absolute atomic E-state index is 5.41. The van der Waals surface area contributed by atoms with Gasteiger partial charge in [0.1, 0.15) is 0 Å². The molecule has 1 aliphatic rings. The Morgan fingerprint density at radius 3 is 1.76 bits per heavy atom. The number of benzene rings is 2. The Hall–Kier alpha value is -1.49. The first-order chi connectivity index (χ1) is 17.7. The molecule has 9 heteroatoms. The molecule has 2 aromatic rings. The minimum absolute atomic E-state index is 0.0659. The van der Waals surface area contributed by atoms with Gasteiger partial charge in [-0.3, -0.25) is 0 Å². The molecule has 0 bridgehead atoms. The number of halogens is 1. The summed E-state index contributed by atoms with van der Waals surface area (Å²) in [7, 11) is 6.64. The van der Waals surface area contributed by atoms with E-state index in [0.717, 1.165) is 42.9 Å². The van der Waals surface area contributed by atoms with Crippen molar-refractivity contribution < 1.29 is 18.9 Å². The molecule has 1 atom stereocenters. The van der Waals surface area contributed by atoms with E-state index in [1.807, 2.05) is 0 Å². The lowest BCUT2D eigenvalue weighted by molar-refractivity contribution is 0.190. The van der Waals surface area contributed by atoms with Crippen LogP contribution >= 0.6 is 23.7 Å². The van der Waals surface area contributed by atoms with Crippen LogP contribution in [0.25, 0.3) is 0 Å². The van der Waals surface area contributed by atoms with Gasteiger partial charge in [-0.15, -0.1) is 0 Å². The number of anilines is 2. The summed E-state index contributed by atoms with van der Waals surface area (Å²) in [6.45, 7) is 12.6. The van der Waals surface area contributed by atoms with Crippen LogP contribution in [0.3, 0.4) is 0 Å². The highest BCUT2D eigenvalue weighted by molar-refractivity contribution is 9.52. The third kappa shape index (κ3) is 7.55. The number of hydrogen-bond donors (Lipinski definition) is 0. The molecular weight excluding hydrogens is 554 g/mol. The summed E-state index contributed by atoms with van der Waals surface area (Å²) < 4.78 is 22.7. The van der Waals surface area contributed by atoms with E-state index < -0.39 is 0 Å². The molecule has 0 aromatic heterocycles. The molecule has 1 aliphatic heterocycles. The molecule has 0 saturated carbocycles. The molecule has 0 N–H and O–H groups in total. The number of hydrogen-bond acceptors (Lipinski definition) is 7. The Balaban J connectivity index is 2.16. The average molecular weight is 597 g/mol. The van der Waals surface area contributed by atoms with E-state index in [9.17, 15) is 0 Å². The highest BCUT2D eigenvalue weighted by atomic mass is 79.9. The predicted octanol–water partition coefficient (Wildman–Crippen LogP) is 5.34. The van der Waals surface area contributed by atoms with E-state index in [4.69, 9.17) is 23.9 Å². The maximum Gasteiger partial charge on any atom is 0.0815 e. The highest BCUT2D eigenvalue weighted by Gasteiger charge is 2.26. The third-order valence-electron chi connectivity index (χ3n) is 6.42. The van der Waals surface area contributed by atoms with Crippen LogP contribution in [0, 0.1) is 4.51 Å². The van der Waals surface area contributed by atoms with E-state index in [2.05, 4.69) is 75.7 Å². The zero-order valence-electron chi connectivity index (χ0n) is 23.3. The summed E-state index contributed by atoms with van der Waals surface area (Å²) in [5, 5.41) is 1.02. The van der Waals surface area contributed by atoms with Gasteiger partial charge in [-0.2, -0.15) is 0 Å². The van der Waals surface area contributed by atoms with Crippen molar-refractivity contribution in [2.75, 3.05) is 90.8 Å². The standard InChI is InChI=1S/C28H42BrN3O4S/c1-28(2,3)23-18-22(32(12-16-35-6)13-17-36-7)20-26-27(23)30-24-9-8-21(19-25(24)37(26)29)31(10-14-33-4)11-15-34-5/h8-9,18-20H,10-17H2,1-7H3. The summed E-state index contributed by atoms with van der Waals surface area (Å²) >= 11 is 4.10. The SMILES string of the molecule is COCCN(CCOC)c1cc2c(c(C(C)(C)C)c1)N=c1ccc(N(CCOC)CCOC)cc1=S2Br. The Bertz CT molecular complexity index is 1150. The molecule has 37 heavy (non-hydrogen) atoms. The van der Waals surface area contributed by atoms with Crippen LogP contribution in [0.4, 0.5) is 17.1 Å². The van der Waals surface area contributed by atoms with Crippen LogP contribution in [0.1, 0.15) is 26.3 Å². The molecule has 2 aromatic carbocycles. The first-order valence-corrected chi connectivity index (χ1v) is 15.7. The lowest BCUT2D eigenvalue weighted by atomic mass is 9.85. The van der Waals surface area contributed by atoms with Crippen LogP contribution < -0.4 is 15.2 Å². The van der Waals surface area contributed by atoms with Crippen molar-refractivity contribution in [3.63, 3.8) is 0 Å². The van der Waals surface area contributed by atoms with E-state index in [0.29, 0.717) is 26.4 Å². The van der Waals surface area contributed by atoms with Gasteiger partial charge < -0.3 is 28.7 Å². The summed E-state index contributed by atoms with van der Waals surface area (Å²) in [4.78, 5) is 11.1. The second-order valence-electron chi connectivity index (χ2n) is 10.1. The minimum Gasteiger partial charge on any atom is -0.383 e. The molecule has 0 saturated heterocycles.